The topological polar surface area (TPSA) is 47.0 Å². The lowest BCUT2D eigenvalue weighted by atomic mass is 9.95. The molecule has 0 atom stereocenters. The van der Waals surface area contributed by atoms with Crippen molar-refractivity contribution >= 4 is 9.84 Å². The van der Waals surface area contributed by atoms with E-state index in [1.807, 2.05) is 0 Å². The number of sulfone groups is 1. The van der Waals surface area contributed by atoms with Gasteiger partial charge in [-0.3, -0.25) is 0 Å². The van der Waals surface area contributed by atoms with Gasteiger partial charge in [0.1, 0.15) is 9.84 Å². The molecule has 0 radical (unpaired) electrons. The molecule has 2 heterocycles. The molecule has 0 aromatic carbocycles. The summed E-state index contributed by atoms with van der Waals surface area (Å²) in [5.74, 6) is -0.151. The van der Waals surface area contributed by atoms with Crippen molar-refractivity contribution in [3.8, 4) is 0 Å². The lowest BCUT2D eigenvalue weighted by molar-refractivity contribution is 0.509. The minimum Gasteiger partial charge on any atom is -0.229 e. The van der Waals surface area contributed by atoms with Crippen LogP contribution in [0.4, 0.5) is 4.39 Å². The highest BCUT2D eigenvalue weighted by Gasteiger charge is 2.26. The number of hydrogen-bond donors (Lipinski definition) is 0. The Hall–Kier alpha value is -0.970. The Labute approximate surface area is 88.3 Å². The van der Waals surface area contributed by atoms with Crippen molar-refractivity contribution in [3.63, 3.8) is 0 Å². The fraction of sp³-hybridized carbons (Fsp3) is 0.500. The van der Waals surface area contributed by atoms with Crippen LogP contribution in [0.1, 0.15) is 24.3 Å². The van der Waals surface area contributed by atoms with Crippen molar-refractivity contribution < 1.29 is 12.8 Å². The minimum atomic E-state index is -2.88. The predicted octanol–water partition coefficient (Wildman–Crippen LogP) is 1.51. The Morgan fingerprint density at radius 3 is 2.60 bits per heavy atom. The summed E-state index contributed by atoms with van der Waals surface area (Å²) in [5, 5.41) is 0. The molecule has 1 fully saturated rings. The van der Waals surface area contributed by atoms with Crippen LogP contribution in [-0.2, 0) is 9.84 Å². The molecule has 15 heavy (non-hydrogen) atoms. The number of aromatic nitrogens is 1. The third-order valence-electron chi connectivity index (χ3n) is 2.78. The fourth-order valence-corrected chi connectivity index (χ4v) is 3.40. The van der Waals surface area contributed by atoms with Gasteiger partial charge >= 0.3 is 0 Å². The summed E-state index contributed by atoms with van der Waals surface area (Å²) in [6.07, 6.45) is 2.41. The van der Waals surface area contributed by atoms with Crippen LogP contribution >= 0.6 is 0 Å². The van der Waals surface area contributed by atoms with Crippen LogP contribution < -0.4 is 0 Å². The first-order valence-corrected chi connectivity index (χ1v) is 6.71. The summed E-state index contributed by atoms with van der Waals surface area (Å²) in [6.45, 7) is 0. The van der Waals surface area contributed by atoms with E-state index >= 15 is 0 Å². The average molecular weight is 229 g/mol. The molecule has 0 amide bonds. The van der Waals surface area contributed by atoms with Gasteiger partial charge in [-0.25, -0.2) is 13.4 Å². The first kappa shape index (κ1) is 10.5. The van der Waals surface area contributed by atoms with Crippen LogP contribution in [-0.4, -0.2) is 24.9 Å². The normalized spacial score (nSPS) is 21.4. The number of nitrogens with zero attached hydrogens (tertiary/aromatic N) is 1. The van der Waals surface area contributed by atoms with Crippen LogP contribution in [0.3, 0.4) is 0 Å². The zero-order valence-corrected chi connectivity index (χ0v) is 9.00. The smallest absolute Gasteiger partial charge is 0.216 e. The molecule has 1 saturated heterocycles. The molecule has 1 aliphatic rings. The van der Waals surface area contributed by atoms with Crippen molar-refractivity contribution in [1.29, 1.82) is 0 Å². The molecule has 0 bridgehead atoms. The van der Waals surface area contributed by atoms with Crippen molar-refractivity contribution in [2.24, 2.45) is 0 Å². The highest BCUT2D eigenvalue weighted by Crippen LogP contribution is 2.29. The molecule has 1 aliphatic heterocycles. The first-order valence-electron chi connectivity index (χ1n) is 4.89. The second-order valence-electron chi connectivity index (χ2n) is 3.81. The van der Waals surface area contributed by atoms with Gasteiger partial charge in [-0.15, -0.1) is 0 Å². The maximum absolute atomic E-state index is 13.3. The van der Waals surface area contributed by atoms with Gasteiger partial charge in [0.2, 0.25) is 5.95 Å². The molecule has 0 saturated carbocycles. The second kappa shape index (κ2) is 3.89. The monoisotopic (exact) mass is 229 g/mol. The van der Waals surface area contributed by atoms with Crippen molar-refractivity contribution in [2.45, 2.75) is 18.8 Å². The van der Waals surface area contributed by atoms with Gasteiger partial charge in [0.15, 0.2) is 0 Å². The van der Waals surface area contributed by atoms with Crippen LogP contribution in [0.5, 0.6) is 0 Å². The highest BCUT2D eigenvalue weighted by atomic mass is 32.2. The molecule has 0 N–H and O–H groups in total. The second-order valence-corrected chi connectivity index (χ2v) is 6.11. The summed E-state index contributed by atoms with van der Waals surface area (Å²) in [4.78, 5) is 3.57. The van der Waals surface area contributed by atoms with Crippen molar-refractivity contribution in [1.82, 2.24) is 4.98 Å². The molecule has 0 unspecified atom stereocenters. The van der Waals surface area contributed by atoms with E-state index < -0.39 is 15.8 Å². The van der Waals surface area contributed by atoms with E-state index in [1.54, 1.807) is 12.1 Å². The van der Waals surface area contributed by atoms with Crippen LogP contribution in [0.2, 0.25) is 0 Å². The zero-order chi connectivity index (χ0) is 10.9. The molecular formula is C10H12FNO2S. The van der Waals surface area contributed by atoms with Crippen LogP contribution in [0.25, 0.3) is 0 Å². The molecule has 0 aliphatic carbocycles. The average Bonchev–Trinajstić information content (AvgIpc) is 2.19. The standard InChI is InChI=1S/C10H12FNO2S/c11-10-9(2-1-5-12-10)8-3-6-15(13,14)7-4-8/h1-2,5,8H,3-4,6-7H2. The molecule has 5 heteroatoms. The fourth-order valence-electron chi connectivity index (χ4n) is 1.90. The number of hydrogen-bond acceptors (Lipinski definition) is 3. The van der Waals surface area contributed by atoms with E-state index in [4.69, 9.17) is 0 Å². The van der Waals surface area contributed by atoms with Crippen molar-refractivity contribution in [3.05, 3.63) is 29.8 Å². The summed E-state index contributed by atoms with van der Waals surface area (Å²) in [7, 11) is -2.88. The van der Waals surface area contributed by atoms with E-state index in [0.29, 0.717) is 18.4 Å². The van der Waals surface area contributed by atoms with E-state index in [0.717, 1.165) is 0 Å². The summed E-state index contributed by atoms with van der Waals surface area (Å²) in [6, 6.07) is 3.37. The molecule has 82 valence electrons. The Morgan fingerprint density at radius 2 is 2.00 bits per heavy atom. The maximum atomic E-state index is 13.3. The molecular weight excluding hydrogens is 217 g/mol. The Kier molecular flexibility index (Phi) is 2.73. The summed E-state index contributed by atoms with van der Waals surface area (Å²) < 4.78 is 35.7. The Bertz CT molecular complexity index is 444. The molecule has 0 spiro atoms. The largest absolute Gasteiger partial charge is 0.229 e. The van der Waals surface area contributed by atoms with Gasteiger partial charge < -0.3 is 0 Å². The Balaban J connectivity index is 2.18. The quantitative estimate of drug-likeness (QED) is 0.686. The zero-order valence-electron chi connectivity index (χ0n) is 8.19. The maximum Gasteiger partial charge on any atom is 0.216 e. The first-order chi connectivity index (χ1) is 7.08. The van der Waals surface area contributed by atoms with Gasteiger partial charge in [-0.2, -0.15) is 4.39 Å². The van der Waals surface area contributed by atoms with Gasteiger partial charge in [-0.05, 0) is 24.8 Å². The van der Waals surface area contributed by atoms with Gasteiger partial charge in [-0.1, -0.05) is 6.07 Å². The molecule has 1 aromatic heterocycles. The summed E-state index contributed by atoms with van der Waals surface area (Å²) >= 11 is 0. The summed E-state index contributed by atoms with van der Waals surface area (Å²) in [5.41, 5.74) is 0.549. The third-order valence-corrected chi connectivity index (χ3v) is 4.50. The molecule has 2 rings (SSSR count). The lowest BCUT2D eigenvalue weighted by Crippen LogP contribution is -2.22. The van der Waals surface area contributed by atoms with E-state index in [2.05, 4.69) is 4.98 Å². The van der Waals surface area contributed by atoms with Crippen LogP contribution in [0.15, 0.2) is 18.3 Å². The SMILES string of the molecule is O=S1(=O)CCC(c2cccnc2F)CC1. The van der Waals surface area contributed by atoms with Gasteiger partial charge in [0.25, 0.3) is 0 Å². The lowest BCUT2D eigenvalue weighted by Gasteiger charge is -2.21. The van der Waals surface area contributed by atoms with Crippen molar-refractivity contribution in [2.75, 3.05) is 11.5 Å². The van der Waals surface area contributed by atoms with Gasteiger partial charge in [0, 0.05) is 11.8 Å². The number of rotatable bonds is 1. The number of halogens is 1. The van der Waals surface area contributed by atoms with Crippen LogP contribution in [0, 0.1) is 5.95 Å². The highest BCUT2D eigenvalue weighted by molar-refractivity contribution is 7.91. The van der Waals surface area contributed by atoms with E-state index in [-0.39, 0.29) is 17.4 Å². The van der Waals surface area contributed by atoms with E-state index in [9.17, 15) is 12.8 Å². The minimum absolute atomic E-state index is 0.00206. The predicted molar refractivity (Wildman–Crippen MR) is 54.8 cm³/mol. The molecule has 1 aromatic rings. The third kappa shape index (κ3) is 2.34. The molecule has 3 nitrogen and oxygen atoms in total. The van der Waals surface area contributed by atoms with Gasteiger partial charge in [0.05, 0.1) is 11.5 Å². The van der Waals surface area contributed by atoms with E-state index in [1.165, 1.54) is 6.20 Å². The Morgan fingerprint density at radius 1 is 1.33 bits per heavy atom. The number of pyridine rings is 1.